The van der Waals surface area contributed by atoms with Gasteiger partial charge in [0.25, 0.3) is 0 Å². The summed E-state index contributed by atoms with van der Waals surface area (Å²) in [4.78, 5) is 25.6. The monoisotopic (exact) mass is 789 g/mol. The third-order valence-corrected chi connectivity index (χ3v) is 10.8. The van der Waals surface area contributed by atoms with Crippen LogP contribution in [0.3, 0.4) is 0 Å². The predicted molar refractivity (Wildman–Crippen MR) is 239 cm³/mol. The Bertz CT molecular complexity index is 472. The van der Waals surface area contributed by atoms with Crippen LogP contribution in [0.5, 0.6) is 0 Å². The summed E-state index contributed by atoms with van der Waals surface area (Å²) in [7, 11) is 0.948. The average molecular weight is 789 g/mol. The number of hydrogen-bond donors (Lipinski definition) is 0. The molecule has 0 spiro atoms. The molecule has 0 aliphatic heterocycles. The van der Waals surface area contributed by atoms with Gasteiger partial charge in [0.1, 0.15) is 0 Å². The number of phosphoric acid groups is 1. The second-order valence-electron chi connectivity index (χ2n) is 14.7. The topological polar surface area (TPSA) is 86.2 Å². The van der Waals surface area contributed by atoms with Crippen molar-refractivity contribution in [1.82, 2.24) is 0 Å². The van der Waals surface area contributed by atoms with E-state index in [1.54, 1.807) is 0 Å². The van der Waals surface area contributed by atoms with Gasteiger partial charge >= 0.3 is 0 Å². The van der Waals surface area contributed by atoms with Crippen LogP contribution >= 0.6 is 35.5 Å². The van der Waals surface area contributed by atoms with Gasteiger partial charge in [-0.25, -0.2) is 0 Å². The fourth-order valence-electron chi connectivity index (χ4n) is 6.05. The highest BCUT2D eigenvalue weighted by Gasteiger charge is 1.95. The Morgan fingerprint density at radius 1 is 0.280 bits per heavy atom. The van der Waals surface area contributed by atoms with E-state index in [-0.39, 0.29) is 0 Å². The standard InChI is InChI=1S/3C14H31P.H3O4P/c3*1-2-3-4-5-6-7-8-9-10-11-12-13-14-15;1-5(2,3)4/h3*2-15H2,1H3;(H3,1,2,3,4). The minimum absolute atomic E-state index is 1.37. The van der Waals surface area contributed by atoms with Crippen molar-refractivity contribution in [2.45, 2.75) is 252 Å². The van der Waals surface area contributed by atoms with E-state index in [0.29, 0.717) is 0 Å². The molecular weight excluding hydrogens is 692 g/mol. The maximum atomic E-state index is 8.55. The predicted octanol–water partition coefficient (Wildman–Crippen LogP) is 13.1. The fourth-order valence-corrected chi connectivity index (χ4v) is 7.11. The quantitative estimate of drug-likeness (QED) is 0.0467. The minimum atomic E-state index is -5.39. The summed E-state index contributed by atoms with van der Waals surface area (Å²) in [6.45, 7) is 6.87. The first kappa shape index (κ1) is 58.1. The van der Waals surface area contributed by atoms with Crippen molar-refractivity contribution < 1.29 is 19.2 Å². The smallest absolute Gasteiger partial charge is 0.0526 e. The zero-order chi connectivity index (χ0) is 38.1. The summed E-state index contributed by atoms with van der Waals surface area (Å²) in [5.41, 5.74) is 0. The maximum absolute atomic E-state index is 8.55. The highest BCUT2D eigenvalue weighted by atomic mass is 31.2. The molecule has 0 fully saturated rings. The molecule has 0 bridgehead atoms. The number of unbranched alkanes of at least 4 members (excludes halogenated alkanes) is 33. The Morgan fingerprint density at radius 2 is 0.380 bits per heavy atom. The van der Waals surface area contributed by atoms with Gasteiger partial charge in [0.2, 0.25) is 0 Å². The lowest BCUT2D eigenvalue weighted by Gasteiger charge is -2.36. The summed E-state index contributed by atoms with van der Waals surface area (Å²) in [6, 6.07) is 0. The van der Waals surface area contributed by atoms with E-state index in [9.17, 15) is 0 Å². The molecule has 4 nitrogen and oxygen atoms in total. The molecule has 0 saturated heterocycles. The van der Waals surface area contributed by atoms with Gasteiger partial charge in [-0.2, -0.15) is 7.82 Å². The third-order valence-electron chi connectivity index (χ3n) is 9.31. The Morgan fingerprint density at radius 3 is 0.480 bits per heavy atom. The highest BCUT2D eigenvalue weighted by Crippen LogP contribution is 2.14. The van der Waals surface area contributed by atoms with Gasteiger partial charge in [0.15, 0.2) is 0 Å². The van der Waals surface area contributed by atoms with Crippen LogP contribution < -0.4 is 14.7 Å². The summed E-state index contributed by atoms with van der Waals surface area (Å²) in [5.74, 6) is 0. The van der Waals surface area contributed by atoms with E-state index in [4.69, 9.17) is 19.2 Å². The zero-order valence-electron chi connectivity index (χ0n) is 34.8. The third kappa shape index (κ3) is 82.7. The summed E-state index contributed by atoms with van der Waals surface area (Å²) in [6.07, 6.45) is 57.0. The van der Waals surface area contributed by atoms with Crippen molar-refractivity contribution in [3.63, 3.8) is 0 Å². The molecule has 0 heterocycles. The van der Waals surface area contributed by atoms with Crippen molar-refractivity contribution in [2.75, 3.05) is 18.5 Å². The van der Waals surface area contributed by atoms with Crippen molar-refractivity contribution in [2.24, 2.45) is 0 Å². The normalized spacial score (nSPS) is 11.1. The van der Waals surface area contributed by atoms with Gasteiger partial charge in [-0.3, -0.25) is 0 Å². The second-order valence-corrected chi connectivity index (χ2v) is 17.7. The van der Waals surface area contributed by atoms with Gasteiger partial charge in [0.05, 0.1) is 18.5 Å². The van der Waals surface area contributed by atoms with Crippen LogP contribution in [-0.2, 0) is 4.57 Å². The van der Waals surface area contributed by atoms with Crippen molar-refractivity contribution >= 4 is 35.5 Å². The van der Waals surface area contributed by atoms with Crippen LogP contribution in [0, 0.1) is 0 Å². The fraction of sp³-hybridized carbons (Fsp3) is 1.00. The number of hydrogen-bond acceptors (Lipinski definition) is 4. The van der Waals surface area contributed by atoms with Crippen LogP contribution in [0.25, 0.3) is 0 Å². The Labute approximate surface area is 324 Å². The van der Waals surface area contributed by atoms with E-state index >= 15 is 0 Å². The zero-order valence-corrected chi connectivity index (χ0v) is 39.9. The molecular formula is C42H96O4P4. The molecule has 0 aliphatic carbocycles. The van der Waals surface area contributed by atoms with Gasteiger partial charge in [-0.1, -0.05) is 213 Å². The molecule has 0 rings (SSSR count). The molecule has 8 heteroatoms. The van der Waals surface area contributed by atoms with Gasteiger partial charge in [0, 0.05) is 0 Å². The van der Waals surface area contributed by atoms with E-state index in [1.165, 1.54) is 250 Å². The first-order valence-corrected chi connectivity index (χ1v) is 26.8. The lowest BCUT2D eigenvalue weighted by molar-refractivity contribution is -0.432. The summed E-state index contributed by atoms with van der Waals surface area (Å²) in [5, 5.41) is 0. The molecule has 0 aliphatic rings. The Hall–Kier alpha value is 1.40. The Kier molecular flexibility index (Phi) is 66.4. The molecule has 0 radical (unpaired) electrons. The molecule has 0 saturated carbocycles. The van der Waals surface area contributed by atoms with Crippen LogP contribution in [0.1, 0.15) is 252 Å². The van der Waals surface area contributed by atoms with Crippen molar-refractivity contribution in [3.05, 3.63) is 0 Å². The van der Waals surface area contributed by atoms with Crippen LogP contribution in [-0.4, -0.2) is 18.5 Å². The van der Waals surface area contributed by atoms with E-state index in [1.807, 2.05) is 0 Å². The lowest BCUT2D eigenvalue weighted by Crippen LogP contribution is -2.24. The van der Waals surface area contributed by atoms with Gasteiger partial charge < -0.3 is 19.2 Å². The van der Waals surface area contributed by atoms with Gasteiger partial charge in [-0.15, -0.1) is 0 Å². The van der Waals surface area contributed by atoms with Crippen molar-refractivity contribution in [3.8, 4) is 0 Å². The lowest BCUT2D eigenvalue weighted by atomic mass is 10.1. The molecule has 0 aromatic carbocycles. The summed E-state index contributed by atoms with van der Waals surface area (Å²) >= 11 is 0. The van der Waals surface area contributed by atoms with E-state index < -0.39 is 7.82 Å². The second kappa shape index (κ2) is 57.1. The number of rotatable bonds is 36. The minimum Gasteiger partial charge on any atom is -0.822 e. The molecule has 50 heavy (non-hydrogen) atoms. The van der Waals surface area contributed by atoms with E-state index in [2.05, 4.69) is 48.5 Å². The average Bonchev–Trinajstić information content (AvgIpc) is 3.08. The largest absolute Gasteiger partial charge is 0.822 e. The molecule has 0 aromatic heterocycles. The van der Waals surface area contributed by atoms with Crippen LogP contribution in [0.2, 0.25) is 0 Å². The Balaban J connectivity index is -0.000000296. The highest BCUT2D eigenvalue weighted by molar-refractivity contribution is 7.40. The SMILES string of the molecule is CCCCCCCCCCCCCC[PH3+].CCCCCCCCCCCCCC[PH3+].CCCCCCCCCCCCCC[PH3+].O=P([O-])([O-])[O-]. The van der Waals surface area contributed by atoms with Gasteiger partial charge in [-0.05, 0) is 66.2 Å². The molecule has 308 valence electrons. The van der Waals surface area contributed by atoms with Crippen LogP contribution in [0.15, 0.2) is 0 Å². The molecule has 3 unspecified atom stereocenters. The molecule has 3 atom stereocenters. The first-order valence-electron chi connectivity index (χ1n) is 22.4. The maximum Gasteiger partial charge on any atom is 0.0526 e. The summed E-state index contributed by atoms with van der Waals surface area (Å²) < 4.78 is 8.55. The van der Waals surface area contributed by atoms with Crippen LogP contribution in [0.4, 0.5) is 0 Å². The first-order chi connectivity index (χ1) is 24.2. The van der Waals surface area contributed by atoms with Crippen molar-refractivity contribution in [1.29, 1.82) is 0 Å². The van der Waals surface area contributed by atoms with E-state index in [0.717, 1.165) is 0 Å². The molecule has 0 N–H and O–H groups in total. The molecule has 0 aromatic rings. The molecule has 0 amide bonds.